The highest BCUT2D eigenvalue weighted by Gasteiger charge is 2.13. The van der Waals surface area contributed by atoms with Crippen molar-refractivity contribution >= 4 is 28.9 Å². The highest BCUT2D eigenvalue weighted by atomic mass is 35.5. The molecule has 0 saturated heterocycles. The second-order valence-electron chi connectivity index (χ2n) is 4.37. The van der Waals surface area contributed by atoms with Gasteiger partial charge in [-0.2, -0.15) is 4.98 Å². The molecular formula is C14H10Cl2N4O. The van der Waals surface area contributed by atoms with Crippen molar-refractivity contribution in [2.24, 2.45) is 0 Å². The molecule has 0 bridgehead atoms. The summed E-state index contributed by atoms with van der Waals surface area (Å²) in [5.74, 6) is 0.812. The average Bonchev–Trinajstić information content (AvgIpc) is 2.92. The van der Waals surface area contributed by atoms with Gasteiger partial charge in [0.05, 0.1) is 11.9 Å². The number of hydrogen-bond acceptors (Lipinski definition) is 5. The number of benzene rings is 1. The van der Waals surface area contributed by atoms with Gasteiger partial charge in [-0.1, -0.05) is 34.4 Å². The number of nitrogens with two attached hydrogens (primary N) is 1. The molecule has 0 aliphatic heterocycles. The molecule has 0 unspecified atom stereocenters. The van der Waals surface area contributed by atoms with Crippen molar-refractivity contribution in [3.8, 4) is 11.6 Å². The van der Waals surface area contributed by atoms with Gasteiger partial charge in [-0.05, 0) is 29.8 Å². The molecule has 21 heavy (non-hydrogen) atoms. The number of nitrogen functional groups attached to an aromatic ring is 1. The van der Waals surface area contributed by atoms with Gasteiger partial charge in [-0.25, -0.2) is 4.98 Å². The Morgan fingerprint density at radius 2 is 1.86 bits per heavy atom. The zero-order valence-electron chi connectivity index (χ0n) is 10.8. The van der Waals surface area contributed by atoms with E-state index in [0.29, 0.717) is 39.6 Å². The summed E-state index contributed by atoms with van der Waals surface area (Å²) in [6, 6.07) is 8.76. The zero-order chi connectivity index (χ0) is 14.8. The third-order valence-corrected chi connectivity index (χ3v) is 3.58. The van der Waals surface area contributed by atoms with E-state index in [1.54, 1.807) is 30.3 Å². The van der Waals surface area contributed by atoms with E-state index in [-0.39, 0.29) is 0 Å². The zero-order valence-corrected chi connectivity index (χ0v) is 12.3. The predicted octanol–water partition coefficient (Wildman–Crippen LogP) is 3.61. The molecule has 0 saturated carbocycles. The van der Waals surface area contributed by atoms with Gasteiger partial charge in [0.25, 0.3) is 5.89 Å². The second kappa shape index (κ2) is 5.71. The third-order valence-electron chi connectivity index (χ3n) is 2.87. The van der Waals surface area contributed by atoms with Gasteiger partial charge in [0.15, 0.2) is 5.82 Å². The lowest BCUT2D eigenvalue weighted by atomic mass is 10.1. The first-order chi connectivity index (χ1) is 10.1. The first kappa shape index (κ1) is 13.9. The molecule has 1 aromatic carbocycles. The molecule has 2 aromatic heterocycles. The van der Waals surface area contributed by atoms with Gasteiger partial charge in [0.1, 0.15) is 5.69 Å². The van der Waals surface area contributed by atoms with Crippen LogP contribution in [0.25, 0.3) is 11.6 Å². The maximum atomic E-state index is 6.12. The van der Waals surface area contributed by atoms with Crippen LogP contribution in [0.2, 0.25) is 10.0 Å². The Balaban J connectivity index is 1.87. The van der Waals surface area contributed by atoms with Crippen molar-refractivity contribution in [3.05, 3.63) is 58.0 Å². The number of halogens is 2. The largest absolute Gasteiger partial charge is 0.397 e. The van der Waals surface area contributed by atoms with Crippen LogP contribution in [0.15, 0.2) is 41.1 Å². The van der Waals surface area contributed by atoms with Crippen LogP contribution in [0.3, 0.4) is 0 Å². The van der Waals surface area contributed by atoms with E-state index in [2.05, 4.69) is 15.1 Å². The first-order valence-electron chi connectivity index (χ1n) is 6.11. The molecule has 0 aliphatic rings. The van der Waals surface area contributed by atoms with Gasteiger partial charge in [-0.15, -0.1) is 0 Å². The van der Waals surface area contributed by atoms with E-state index >= 15 is 0 Å². The van der Waals surface area contributed by atoms with Gasteiger partial charge in [0, 0.05) is 16.5 Å². The lowest BCUT2D eigenvalue weighted by Crippen LogP contribution is -1.93. The van der Waals surface area contributed by atoms with E-state index in [9.17, 15) is 0 Å². The topological polar surface area (TPSA) is 77.8 Å². The van der Waals surface area contributed by atoms with Crippen molar-refractivity contribution in [1.29, 1.82) is 0 Å². The Labute approximate surface area is 130 Å². The Bertz CT molecular complexity index is 751. The van der Waals surface area contributed by atoms with Crippen LogP contribution >= 0.6 is 23.2 Å². The first-order valence-corrected chi connectivity index (χ1v) is 6.86. The van der Waals surface area contributed by atoms with E-state index in [4.69, 9.17) is 33.5 Å². The highest BCUT2D eigenvalue weighted by Crippen LogP contribution is 2.26. The molecule has 2 heterocycles. The standard InChI is InChI=1S/C14H10Cl2N4O/c15-10-2-1-3-11(16)9(10)6-13-19-14(21-20-13)12-5-4-8(17)7-18-12/h1-5,7H,6,17H2. The second-order valence-corrected chi connectivity index (χ2v) is 5.18. The molecule has 0 aliphatic carbocycles. The van der Waals surface area contributed by atoms with E-state index in [0.717, 1.165) is 5.56 Å². The average molecular weight is 321 g/mol. The van der Waals surface area contributed by atoms with Gasteiger partial charge in [-0.3, -0.25) is 0 Å². The quantitative estimate of drug-likeness (QED) is 0.797. The van der Waals surface area contributed by atoms with Gasteiger partial charge < -0.3 is 10.3 Å². The van der Waals surface area contributed by atoms with Crippen LogP contribution in [0, 0.1) is 0 Å². The Morgan fingerprint density at radius 3 is 2.52 bits per heavy atom. The summed E-state index contributed by atoms with van der Waals surface area (Å²) in [7, 11) is 0. The lowest BCUT2D eigenvalue weighted by molar-refractivity contribution is 0.422. The molecule has 7 heteroatoms. The maximum Gasteiger partial charge on any atom is 0.276 e. The summed E-state index contributed by atoms with van der Waals surface area (Å²) in [4.78, 5) is 8.42. The summed E-state index contributed by atoms with van der Waals surface area (Å²) in [6.45, 7) is 0. The van der Waals surface area contributed by atoms with Crippen molar-refractivity contribution < 1.29 is 4.52 Å². The number of anilines is 1. The minimum atomic E-state index is 0.327. The van der Waals surface area contributed by atoms with Gasteiger partial charge in [0.2, 0.25) is 0 Å². The van der Waals surface area contributed by atoms with Crippen molar-refractivity contribution in [3.63, 3.8) is 0 Å². The smallest absolute Gasteiger partial charge is 0.276 e. The summed E-state index contributed by atoms with van der Waals surface area (Å²) in [6.07, 6.45) is 1.92. The highest BCUT2D eigenvalue weighted by molar-refractivity contribution is 6.36. The summed E-state index contributed by atoms with van der Waals surface area (Å²) >= 11 is 12.2. The lowest BCUT2D eigenvalue weighted by Gasteiger charge is -2.02. The molecule has 0 spiro atoms. The summed E-state index contributed by atoms with van der Waals surface area (Å²) in [5, 5.41) is 5.06. The minimum absolute atomic E-state index is 0.327. The Hall–Kier alpha value is -2.11. The number of rotatable bonds is 3. The van der Waals surface area contributed by atoms with Gasteiger partial charge >= 0.3 is 0 Å². The van der Waals surface area contributed by atoms with Crippen molar-refractivity contribution in [2.75, 3.05) is 5.73 Å². The van der Waals surface area contributed by atoms with Crippen molar-refractivity contribution in [2.45, 2.75) is 6.42 Å². The molecule has 3 rings (SSSR count). The molecule has 5 nitrogen and oxygen atoms in total. The van der Waals surface area contributed by atoms with Crippen LogP contribution in [-0.4, -0.2) is 15.1 Å². The fraction of sp³-hybridized carbons (Fsp3) is 0.0714. The van der Waals surface area contributed by atoms with Crippen LogP contribution in [0.4, 0.5) is 5.69 Å². The fourth-order valence-electron chi connectivity index (χ4n) is 1.82. The monoisotopic (exact) mass is 320 g/mol. The molecule has 0 fully saturated rings. The molecule has 106 valence electrons. The molecule has 0 radical (unpaired) electrons. The molecular weight excluding hydrogens is 311 g/mol. The fourth-order valence-corrected chi connectivity index (χ4v) is 2.35. The van der Waals surface area contributed by atoms with E-state index < -0.39 is 0 Å². The van der Waals surface area contributed by atoms with Crippen LogP contribution in [0.5, 0.6) is 0 Å². The SMILES string of the molecule is Nc1ccc(-c2nc(Cc3c(Cl)cccc3Cl)no2)nc1. The maximum absolute atomic E-state index is 6.12. The summed E-state index contributed by atoms with van der Waals surface area (Å²) in [5.41, 5.74) is 7.48. The van der Waals surface area contributed by atoms with E-state index in [1.807, 2.05) is 0 Å². The molecule has 0 atom stereocenters. The van der Waals surface area contributed by atoms with E-state index in [1.165, 1.54) is 6.20 Å². The van der Waals surface area contributed by atoms with Crippen LogP contribution in [0.1, 0.15) is 11.4 Å². The molecule has 0 amide bonds. The van der Waals surface area contributed by atoms with Crippen molar-refractivity contribution in [1.82, 2.24) is 15.1 Å². The molecule has 2 N–H and O–H groups in total. The minimum Gasteiger partial charge on any atom is -0.397 e. The number of aromatic nitrogens is 3. The summed E-state index contributed by atoms with van der Waals surface area (Å²) < 4.78 is 5.19. The van der Waals surface area contributed by atoms with Crippen LogP contribution in [-0.2, 0) is 6.42 Å². The number of nitrogens with zero attached hydrogens (tertiary/aromatic N) is 3. The predicted molar refractivity (Wildman–Crippen MR) is 81.2 cm³/mol. The Kier molecular flexibility index (Phi) is 3.77. The Morgan fingerprint density at radius 1 is 1.10 bits per heavy atom. The normalized spacial score (nSPS) is 10.8. The number of hydrogen-bond donors (Lipinski definition) is 1. The number of pyridine rings is 1. The third kappa shape index (κ3) is 2.99. The van der Waals surface area contributed by atoms with Crippen LogP contribution < -0.4 is 5.73 Å². The molecule has 3 aromatic rings.